The second kappa shape index (κ2) is 6.53. The molecule has 21 heavy (non-hydrogen) atoms. The number of rotatable bonds is 3. The second-order valence-electron chi connectivity index (χ2n) is 5.07. The van der Waals surface area contributed by atoms with Gasteiger partial charge in [-0.15, -0.1) is 0 Å². The average molecular weight is 296 g/mol. The van der Waals surface area contributed by atoms with Crippen molar-refractivity contribution in [1.29, 1.82) is 0 Å². The van der Waals surface area contributed by atoms with Gasteiger partial charge < -0.3 is 20.4 Å². The Morgan fingerprint density at radius 3 is 2.81 bits per heavy atom. The number of aromatic carboxylic acids is 1. The number of carbonyl (C=O) groups is 2. The van der Waals surface area contributed by atoms with E-state index in [9.17, 15) is 14.0 Å². The molecule has 1 aromatic carbocycles. The van der Waals surface area contributed by atoms with Gasteiger partial charge in [-0.3, -0.25) is 0 Å². The van der Waals surface area contributed by atoms with E-state index < -0.39 is 17.3 Å². The Labute approximate surface area is 121 Å². The van der Waals surface area contributed by atoms with Gasteiger partial charge in [-0.2, -0.15) is 0 Å². The molecule has 0 aromatic heterocycles. The van der Waals surface area contributed by atoms with Crippen LogP contribution in [0.5, 0.6) is 0 Å². The smallest absolute Gasteiger partial charge is 0.338 e. The number of aliphatic hydroxyl groups excluding tert-OH is 1. The van der Waals surface area contributed by atoms with E-state index in [1.54, 1.807) is 4.90 Å². The third-order valence-corrected chi connectivity index (χ3v) is 3.52. The lowest BCUT2D eigenvalue weighted by Gasteiger charge is -2.31. The fourth-order valence-electron chi connectivity index (χ4n) is 2.37. The zero-order valence-corrected chi connectivity index (χ0v) is 11.4. The molecular formula is C14H17FN2O4. The lowest BCUT2D eigenvalue weighted by Crippen LogP contribution is -2.43. The molecule has 1 fully saturated rings. The zero-order chi connectivity index (χ0) is 15.4. The fraction of sp³-hybridized carbons (Fsp3) is 0.429. The van der Waals surface area contributed by atoms with Crippen LogP contribution < -0.4 is 5.32 Å². The van der Waals surface area contributed by atoms with E-state index in [4.69, 9.17) is 10.2 Å². The maximum Gasteiger partial charge on any atom is 0.338 e. The standard InChI is InChI=1S/C14H17FN2O4/c15-12-6-10(3-4-11(12)13(19)20)16-14(21)17-5-1-2-9(7-17)8-18/h3-4,6,9,18H,1-2,5,7-8H2,(H,16,21)(H,19,20). The van der Waals surface area contributed by atoms with Crippen LogP contribution in [0.15, 0.2) is 18.2 Å². The number of aliphatic hydroxyl groups is 1. The second-order valence-corrected chi connectivity index (χ2v) is 5.07. The van der Waals surface area contributed by atoms with E-state index in [-0.39, 0.29) is 24.2 Å². The van der Waals surface area contributed by atoms with Crippen molar-refractivity contribution in [3.63, 3.8) is 0 Å². The van der Waals surface area contributed by atoms with Crippen molar-refractivity contribution in [1.82, 2.24) is 4.90 Å². The molecular weight excluding hydrogens is 279 g/mol. The Kier molecular flexibility index (Phi) is 4.74. The van der Waals surface area contributed by atoms with Crippen LogP contribution in [-0.4, -0.2) is 46.8 Å². The number of urea groups is 1. The van der Waals surface area contributed by atoms with Crippen LogP contribution in [0, 0.1) is 11.7 Å². The van der Waals surface area contributed by atoms with Crippen LogP contribution in [0.3, 0.4) is 0 Å². The molecule has 1 aliphatic rings. The van der Waals surface area contributed by atoms with Gasteiger partial charge in [-0.1, -0.05) is 0 Å². The van der Waals surface area contributed by atoms with Crippen molar-refractivity contribution in [2.45, 2.75) is 12.8 Å². The van der Waals surface area contributed by atoms with Crippen LogP contribution in [0.4, 0.5) is 14.9 Å². The van der Waals surface area contributed by atoms with Gasteiger partial charge in [-0.05, 0) is 37.0 Å². The number of hydrogen-bond donors (Lipinski definition) is 3. The molecule has 1 aliphatic heterocycles. The number of carboxylic acid groups (broad SMARTS) is 1. The predicted molar refractivity (Wildman–Crippen MR) is 73.8 cm³/mol. The van der Waals surface area contributed by atoms with Gasteiger partial charge in [0.15, 0.2) is 0 Å². The van der Waals surface area contributed by atoms with Gasteiger partial charge in [0.2, 0.25) is 0 Å². The summed E-state index contributed by atoms with van der Waals surface area (Å²) in [5.41, 5.74) is -0.236. The first-order chi connectivity index (χ1) is 10.0. The van der Waals surface area contributed by atoms with E-state index in [1.165, 1.54) is 6.07 Å². The number of benzene rings is 1. The van der Waals surface area contributed by atoms with Crippen molar-refractivity contribution in [3.8, 4) is 0 Å². The molecule has 1 unspecified atom stereocenters. The summed E-state index contributed by atoms with van der Waals surface area (Å²) < 4.78 is 13.5. The highest BCUT2D eigenvalue weighted by molar-refractivity contribution is 5.91. The number of piperidine rings is 1. The quantitative estimate of drug-likeness (QED) is 0.793. The molecule has 2 amide bonds. The molecule has 1 saturated heterocycles. The number of hydrogen-bond acceptors (Lipinski definition) is 3. The van der Waals surface area contributed by atoms with Gasteiger partial charge in [0, 0.05) is 25.4 Å². The number of amides is 2. The van der Waals surface area contributed by atoms with Crippen LogP contribution in [0.25, 0.3) is 0 Å². The minimum Gasteiger partial charge on any atom is -0.478 e. The predicted octanol–water partition coefficient (Wildman–Crippen LogP) is 1.76. The van der Waals surface area contributed by atoms with Crippen molar-refractivity contribution in [2.75, 3.05) is 25.0 Å². The number of likely N-dealkylation sites (tertiary alicyclic amines) is 1. The van der Waals surface area contributed by atoms with Crippen LogP contribution >= 0.6 is 0 Å². The summed E-state index contributed by atoms with van der Waals surface area (Å²) in [6, 6.07) is 3.06. The lowest BCUT2D eigenvalue weighted by molar-refractivity contribution is 0.0692. The minimum absolute atomic E-state index is 0.0334. The Hall–Kier alpha value is -2.15. The molecule has 0 saturated carbocycles. The van der Waals surface area contributed by atoms with Crippen LogP contribution in [-0.2, 0) is 0 Å². The topological polar surface area (TPSA) is 89.9 Å². The Balaban J connectivity index is 2.02. The van der Waals surface area contributed by atoms with E-state index in [0.29, 0.717) is 13.1 Å². The molecule has 7 heteroatoms. The first kappa shape index (κ1) is 15.2. The van der Waals surface area contributed by atoms with Crippen LogP contribution in [0.1, 0.15) is 23.2 Å². The lowest BCUT2D eigenvalue weighted by atomic mass is 9.99. The van der Waals surface area contributed by atoms with Gasteiger partial charge in [0.1, 0.15) is 5.82 Å². The number of nitrogens with zero attached hydrogens (tertiary/aromatic N) is 1. The number of carbonyl (C=O) groups excluding carboxylic acids is 1. The van der Waals surface area contributed by atoms with E-state index in [0.717, 1.165) is 25.0 Å². The molecule has 3 N–H and O–H groups in total. The molecule has 1 heterocycles. The Morgan fingerprint density at radius 1 is 1.43 bits per heavy atom. The third kappa shape index (κ3) is 3.69. The normalized spacial score (nSPS) is 18.4. The van der Waals surface area contributed by atoms with Gasteiger partial charge in [-0.25, -0.2) is 14.0 Å². The van der Waals surface area contributed by atoms with Crippen molar-refractivity contribution in [2.24, 2.45) is 5.92 Å². The molecule has 0 bridgehead atoms. The molecule has 1 aromatic rings. The summed E-state index contributed by atoms with van der Waals surface area (Å²) >= 11 is 0. The van der Waals surface area contributed by atoms with Gasteiger partial charge in [0.05, 0.1) is 5.56 Å². The fourth-order valence-corrected chi connectivity index (χ4v) is 2.37. The zero-order valence-electron chi connectivity index (χ0n) is 11.4. The molecule has 0 radical (unpaired) electrons. The molecule has 0 aliphatic carbocycles. The molecule has 0 spiro atoms. The van der Waals surface area contributed by atoms with Crippen LogP contribution in [0.2, 0.25) is 0 Å². The number of carboxylic acids is 1. The third-order valence-electron chi connectivity index (χ3n) is 3.52. The highest BCUT2D eigenvalue weighted by Crippen LogP contribution is 2.19. The number of halogens is 1. The van der Waals surface area contributed by atoms with Gasteiger partial charge in [0.25, 0.3) is 0 Å². The summed E-state index contributed by atoms with van der Waals surface area (Å²) in [7, 11) is 0. The monoisotopic (exact) mass is 296 g/mol. The van der Waals surface area contributed by atoms with Crippen molar-refractivity contribution < 1.29 is 24.2 Å². The highest BCUT2D eigenvalue weighted by atomic mass is 19.1. The molecule has 114 valence electrons. The van der Waals surface area contributed by atoms with E-state index >= 15 is 0 Å². The van der Waals surface area contributed by atoms with E-state index in [1.807, 2.05) is 0 Å². The number of anilines is 1. The van der Waals surface area contributed by atoms with E-state index in [2.05, 4.69) is 5.32 Å². The highest BCUT2D eigenvalue weighted by Gasteiger charge is 2.23. The average Bonchev–Trinajstić information content (AvgIpc) is 2.47. The Bertz CT molecular complexity index is 550. The maximum absolute atomic E-state index is 13.5. The van der Waals surface area contributed by atoms with Gasteiger partial charge >= 0.3 is 12.0 Å². The summed E-state index contributed by atoms with van der Waals surface area (Å²) in [5.74, 6) is -2.19. The molecule has 2 rings (SSSR count). The van der Waals surface area contributed by atoms with Crippen molar-refractivity contribution >= 4 is 17.7 Å². The first-order valence-corrected chi connectivity index (χ1v) is 6.71. The maximum atomic E-state index is 13.5. The Morgan fingerprint density at radius 2 is 2.19 bits per heavy atom. The molecule has 6 nitrogen and oxygen atoms in total. The van der Waals surface area contributed by atoms with Crippen molar-refractivity contribution in [3.05, 3.63) is 29.6 Å². The summed E-state index contributed by atoms with van der Waals surface area (Å²) in [4.78, 5) is 24.3. The summed E-state index contributed by atoms with van der Waals surface area (Å²) in [6.45, 7) is 1.07. The first-order valence-electron chi connectivity index (χ1n) is 6.71. The number of nitrogens with one attached hydrogen (secondary N) is 1. The largest absolute Gasteiger partial charge is 0.478 e. The summed E-state index contributed by atoms with van der Waals surface area (Å²) in [5, 5.41) is 20.4. The minimum atomic E-state index is -1.35. The summed E-state index contributed by atoms with van der Waals surface area (Å²) in [6.07, 6.45) is 1.69. The molecule has 1 atom stereocenters. The SMILES string of the molecule is O=C(O)c1ccc(NC(=O)N2CCCC(CO)C2)cc1F.